The Bertz CT molecular complexity index is 481. The lowest BCUT2D eigenvalue weighted by Crippen LogP contribution is -1.76. The quantitative estimate of drug-likeness (QED) is 0.703. The van der Waals surface area contributed by atoms with Crippen LogP contribution >= 0.6 is 11.6 Å². The Kier molecular flexibility index (Phi) is 1.91. The second kappa shape index (κ2) is 3.08. The van der Waals surface area contributed by atoms with E-state index in [1.165, 1.54) is 0 Å². The number of benzene rings is 1. The van der Waals surface area contributed by atoms with Crippen LogP contribution in [0.4, 0.5) is 0 Å². The molecule has 0 aliphatic heterocycles. The molecule has 1 aromatic heterocycles. The number of alkyl halides is 1. The molecular formula is C9H6ClN3. The molecule has 0 amide bonds. The summed E-state index contributed by atoms with van der Waals surface area (Å²) in [6.07, 6.45) is 0. The smallest absolute Gasteiger partial charge is 0.211 e. The number of aromatic nitrogens is 2. The van der Waals surface area contributed by atoms with E-state index >= 15 is 0 Å². The molecule has 64 valence electrons. The molecule has 0 radical (unpaired) electrons. The molecule has 0 bridgehead atoms. The van der Waals surface area contributed by atoms with Gasteiger partial charge in [-0.15, -0.1) is 11.6 Å². The van der Waals surface area contributed by atoms with Crippen LogP contribution in [-0.2, 0) is 5.88 Å². The van der Waals surface area contributed by atoms with E-state index in [9.17, 15) is 0 Å². The van der Waals surface area contributed by atoms with Crippen molar-refractivity contribution < 1.29 is 0 Å². The Balaban J connectivity index is 2.65. The van der Waals surface area contributed by atoms with Gasteiger partial charge in [-0.05, 0) is 17.7 Å². The van der Waals surface area contributed by atoms with Gasteiger partial charge in [0, 0.05) is 5.88 Å². The summed E-state index contributed by atoms with van der Waals surface area (Å²) in [4.78, 5) is 6.94. The van der Waals surface area contributed by atoms with Gasteiger partial charge in [-0.3, -0.25) is 0 Å². The fourth-order valence-electron chi connectivity index (χ4n) is 1.19. The summed E-state index contributed by atoms with van der Waals surface area (Å²) in [5, 5.41) is 8.60. The van der Waals surface area contributed by atoms with Crippen molar-refractivity contribution in [1.29, 1.82) is 5.26 Å². The van der Waals surface area contributed by atoms with Gasteiger partial charge in [0.15, 0.2) is 0 Å². The van der Waals surface area contributed by atoms with E-state index in [-0.39, 0.29) is 0 Å². The standard InChI is InChI=1S/C9H6ClN3/c10-4-6-1-2-7-8(3-6)13-9(5-11)12-7/h1-3H,4H2,(H,12,13). The lowest BCUT2D eigenvalue weighted by Gasteiger charge is -1.92. The SMILES string of the molecule is N#Cc1nc2ccc(CCl)cc2[nH]1. The number of aromatic amines is 1. The van der Waals surface area contributed by atoms with E-state index < -0.39 is 0 Å². The zero-order valence-electron chi connectivity index (χ0n) is 6.71. The summed E-state index contributed by atoms with van der Waals surface area (Å²) in [6, 6.07) is 7.60. The molecule has 4 heteroatoms. The molecular weight excluding hydrogens is 186 g/mol. The molecule has 2 aromatic rings. The highest BCUT2D eigenvalue weighted by molar-refractivity contribution is 6.17. The summed E-state index contributed by atoms with van der Waals surface area (Å²) in [5.74, 6) is 0.804. The van der Waals surface area contributed by atoms with Gasteiger partial charge in [0.05, 0.1) is 11.0 Å². The van der Waals surface area contributed by atoms with Gasteiger partial charge in [0.2, 0.25) is 5.82 Å². The van der Waals surface area contributed by atoms with Gasteiger partial charge in [-0.25, -0.2) is 4.98 Å². The second-order valence-electron chi connectivity index (χ2n) is 2.68. The van der Waals surface area contributed by atoms with E-state index in [0.29, 0.717) is 11.7 Å². The predicted molar refractivity (Wildman–Crippen MR) is 50.4 cm³/mol. The summed E-state index contributed by atoms with van der Waals surface area (Å²) in [6.45, 7) is 0. The first kappa shape index (κ1) is 8.09. The number of nitriles is 1. The number of rotatable bonds is 1. The molecule has 1 aromatic carbocycles. The zero-order valence-corrected chi connectivity index (χ0v) is 7.47. The summed E-state index contributed by atoms with van der Waals surface area (Å²) in [5.41, 5.74) is 2.67. The van der Waals surface area contributed by atoms with Gasteiger partial charge in [-0.2, -0.15) is 5.26 Å². The van der Waals surface area contributed by atoms with Crippen LogP contribution in [-0.4, -0.2) is 9.97 Å². The van der Waals surface area contributed by atoms with Gasteiger partial charge in [0.25, 0.3) is 0 Å². The first-order valence-electron chi connectivity index (χ1n) is 3.78. The number of hydrogen-bond acceptors (Lipinski definition) is 2. The van der Waals surface area contributed by atoms with Gasteiger partial charge in [-0.1, -0.05) is 6.07 Å². The molecule has 0 aliphatic carbocycles. The minimum absolute atomic E-state index is 0.335. The average molecular weight is 192 g/mol. The van der Waals surface area contributed by atoms with Gasteiger partial charge >= 0.3 is 0 Å². The minimum atomic E-state index is 0.335. The van der Waals surface area contributed by atoms with Crippen LogP contribution < -0.4 is 0 Å². The van der Waals surface area contributed by atoms with E-state index in [1.54, 1.807) is 0 Å². The lowest BCUT2D eigenvalue weighted by molar-refractivity contribution is 1.25. The van der Waals surface area contributed by atoms with Crippen molar-refractivity contribution in [2.24, 2.45) is 0 Å². The van der Waals surface area contributed by atoms with Crippen molar-refractivity contribution in [3.63, 3.8) is 0 Å². The number of nitrogens with zero attached hydrogens (tertiary/aromatic N) is 2. The predicted octanol–water partition coefficient (Wildman–Crippen LogP) is 2.17. The maximum atomic E-state index is 8.60. The molecule has 13 heavy (non-hydrogen) atoms. The molecule has 0 saturated carbocycles. The Morgan fingerprint density at radius 3 is 3.08 bits per heavy atom. The number of hydrogen-bond donors (Lipinski definition) is 1. The van der Waals surface area contributed by atoms with Crippen LogP contribution in [0.25, 0.3) is 11.0 Å². The van der Waals surface area contributed by atoms with Crippen molar-refractivity contribution in [1.82, 2.24) is 9.97 Å². The summed E-state index contributed by atoms with van der Waals surface area (Å²) in [7, 11) is 0. The molecule has 0 spiro atoms. The topological polar surface area (TPSA) is 52.5 Å². The monoisotopic (exact) mass is 191 g/mol. The summed E-state index contributed by atoms with van der Waals surface area (Å²) < 4.78 is 0. The molecule has 0 unspecified atom stereocenters. The Labute approximate surface area is 80.0 Å². The van der Waals surface area contributed by atoms with E-state index in [4.69, 9.17) is 16.9 Å². The van der Waals surface area contributed by atoms with E-state index in [1.807, 2.05) is 24.3 Å². The van der Waals surface area contributed by atoms with Crippen molar-refractivity contribution in [2.45, 2.75) is 5.88 Å². The van der Waals surface area contributed by atoms with Crippen LogP contribution in [0.3, 0.4) is 0 Å². The highest BCUT2D eigenvalue weighted by Gasteiger charge is 2.01. The van der Waals surface area contributed by atoms with Gasteiger partial charge < -0.3 is 4.98 Å². The fraction of sp³-hybridized carbons (Fsp3) is 0.111. The highest BCUT2D eigenvalue weighted by atomic mass is 35.5. The molecule has 3 nitrogen and oxygen atoms in total. The molecule has 1 N–H and O–H groups in total. The molecule has 2 rings (SSSR count). The zero-order chi connectivity index (χ0) is 9.26. The largest absolute Gasteiger partial charge is 0.329 e. The minimum Gasteiger partial charge on any atom is -0.329 e. The maximum absolute atomic E-state index is 8.60. The van der Waals surface area contributed by atoms with Gasteiger partial charge in [0.1, 0.15) is 6.07 Å². The van der Waals surface area contributed by atoms with Crippen LogP contribution in [0.2, 0.25) is 0 Å². The number of H-pyrrole nitrogens is 1. The molecule has 0 fully saturated rings. The van der Waals surface area contributed by atoms with Crippen LogP contribution in [0.15, 0.2) is 18.2 Å². The third-order valence-electron chi connectivity index (χ3n) is 1.81. The molecule has 0 saturated heterocycles. The second-order valence-corrected chi connectivity index (χ2v) is 2.95. The fourth-order valence-corrected chi connectivity index (χ4v) is 1.36. The van der Waals surface area contributed by atoms with Crippen LogP contribution in [0, 0.1) is 11.3 Å². The third kappa shape index (κ3) is 1.36. The third-order valence-corrected chi connectivity index (χ3v) is 2.12. The molecule has 0 atom stereocenters. The molecule has 1 heterocycles. The average Bonchev–Trinajstić information content (AvgIpc) is 2.58. The van der Waals surface area contributed by atoms with Crippen molar-refractivity contribution >= 4 is 22.6 Å². The number of fused-ring (bicyclic) bond motifs is 1. The Hall–Kier alpha value is -1.53. The Morgan fingerprint density at radius 1 is 1.54 bits per heavy atom. The maximum Gasteiger partial charge on any atom is 0.211 e. The first-order valence-corrected chi connectivity index (χ1v) is 4.31. The van der Waals surface area contributed by atoms with E-state index in [2.05, 4.69) is 9.97 Å². The van der Waals surface area contributed by atoms with Crippen molar-refractivity contribution in [3.05, 3.63) is 29.6 Å². The number of halogens is 1. The van der Waals surface area contributed by atoms with Crippen molar-refractivity contribution in [3.8, 4) is 6.07 Å². The lowest BCUT2D eigenvalue weighted by atomic mass is 10.2. The first-order chi connectivity index (χ1) is 6.33. The Morgan fingerprint density at radius 2 is 2.38 bits per heavy atom. The van der Waals surface area contributed by atoms with Crippen LogP contribution in [0.5, 0.6) is 0 Å². The summed E-state index contributed by atoms with van der Waals surface area (Å²) >= 11 is 5.67. The van der Waals surface area contributed by atoms with E-state index in [0.717, 1.165) is 16.6 Å². The van der Waals surface area contributed by atoms with Crippen molar-refractivity contribution in [2.75, 3.05) is 0 Å². The number of imidazole rings is 1. The van der Waals surface area contributed by atoms with Crippen LogP contribution in [0.1, 0.15) is 11.4 Å². The number of nitrogens with one attached hydrogen (secondary N) is 1. The molecule has 0 aliphatic rings. The normalized spacial score (nSPS) is 10.2. The highest BCUT2D eigenvalue weighted by Crippen LogP contribution is 2.14.